The second kappa shape index (κ2) is 10.2. The van der Waals surface area contributed by atoms with E-state index >= 15 is 0 Å². The molecule has 0 N–H and O–H groups in total. The number of aromatic nitrogens is 5. The van der Waals surface area contributed by atoms with Gasteiger partial charge >= 0.3 is 12.3 Å². The van der Waals surface area contributed by atoms with E-state index in [2.05, 4.69) is 20.1 Å². The third-order valence-corrected chi connectivity index (χ3v) is 9.08. The van der Waals surface area contributed by atoms with Crippen molar-refractivity contribution >= 4 is 46.4 Å². The van der Waals surface area contributed by atoms with Crippen molar-refractivity contribution in [1.82, 2.24) is 29.6 Å². The van der Waals surface area contributed by atoms with E-state index in [4.69, 9.17) is 4.74 Å². The van der Waals surface area contributed by atoms with Crippen molar-refractivity contribution in [2.45, 2.75) is 64.9 Å². The zero-order valence-corrected chi connectivity index (χ0v) is 25.5. The maximum absolute atomic E-state index is 13.6. The highest BCUT2D eigenvalue weighted by atomic mass is 32.1. The molecular weight excluding hydrogens is 591 g/mol. The van der Waals surface area contributed by atoms with Crippen LogP contribution in [0.2, 0.25) is 0 Å². The summed E-state index contributed by atoms with van der Waals surface area (Å²) in [5.74, 6) is 0.143. The molecule has 15 heteroatoms. The van der Waals surface area contributed by atoms with Crippen LogP contribution in [0.15, 0.2) is 36.0 Å². The summed E-state index contributed by atoms with van der Waals surface area (Å²) < 4.78 is 46.6. The van der Waals surface area contributed by atoms with Crippen LogP contribution in [0.3, 0.4) is 0 Å². The fourth-order valence-electron chi connectivity index (χ4n) is 4.77. The number of hydrogen-bond donors (Lipinski definition) is 0. The van der Waals surface area contributed by atoms with Crippen LogP contribution in [-0.4, -0.2) is 47.2 Å². The van der Waals surface area contributed by atoms with Gasteiger partial charge in [0.15, 0.2) is 5.69 Å². The van der Waals surface area contributed by atoms with Gasteiger partial charge in [-0.3, -0.25) is 9.48 Å². The fourth-order valence-corrected chi connectivity index (χ4v) is 6.86. The van der Waals surface area contributed by atoms with Gasteiger partial charge in [0.1, 0.15) is 16.4 Å². The van der Waals surface area contributed by atoms with Crippen LogP contribution in [0.4, 0.5) is 29.7 Å². The number of hydrogen-bond acceptors (Lipinski definition) is 9. The number of ether oxygens (including phenoxy) is 1. The number of fused-ring (bicyclic) bond motifs is 1. The molecule has 0 saturated carbocycles. The van der Waals surface area contributed by atoms with Gasteiger partial charge in [-0.25, -0.2) is 19.7 Å². The van der Waals surface area contributed by atoms with Crippen LogP contribution >= 0.6 is 22.7 Å². The molecule has 0 aliphatic carbocycles. The van der Waals surface area contributed by atoms with E-state index in [0.29, 0.717) is 22.0 Å². The van der Waals surface area contributed by atoms with Gasteiger partial charge in [-0.2, -0.15) is 23.2 Å². The molecule has 10 nitrogen and oxygen atoms in total. The Labute approximate surface area is 247 Å². The van der Waals surface area contributed by atoms with Gasteiger partial charge in [0, 0.05) is 29.6 Å². The number of amides is 2. The van der Waals surface area contributed by atoms with Crippen molar-refractivity contribution in [3.63, 3.8) is 0 Å². The zero-order chi connectivity index (χ0) is 30.8. The Morgan fingerprint density at radius 3 is 2.43 bits per heavy atom. The normalized spacial score (nSPS) is 15.6. The molecule has 42 heavy (non-hydrogen) atoms. The molecule has 4 aromatic rings. The number of thiophene rings is 1. The Morgan fingerprint density at radius 1 is 1.14 bits per heavy atom. The maximum Gasteiger partial charge on any atom is 0.434 e. The van der Waals surface area contributed by atoms with Gasteiger partial charge in [0.2, 0.25) is 5.95 Å². The standard InChI is InChI=1S/C27H28F3N7O3S2/c1-14(21-34-18(13-41-21)27(28,29)30)37-22(38)15-12-17(42-20(15)26(37,5)6)16-8-10-31-23(33-16)36(19-9-11-32-35(19)7)24(39)40-25(2,3)4/h8-14H,1-7H3. The number of aryl methyl sites for hydroxylation is 1. The van der Waals surface area contributed by atoms with Crippen molar-refractivity contribution in [3.05, 3.63) is 57.1 Å². The molecule has 1 aliphatic heterocycles. The van der Waals surface area contributed by atoms with Gasteiger partial charge in [-0.05, 0) is 53.7 Å². The number of anilines is 2. The maximum atomic E-state index is 13.6. The molecule has 2 amide bonds. The average Bonchev–Trinajstić information content (AvgIpc) is 3.65. The summed E-state index contributed by atoms with van der Waals surface area (Å²) in [6, 6.07) is 4.35. The van der Waals surface area contributed by atoms with Crippen molar-refractivity contribution in [2.75, 3.05) is 4.90 Å². The molecule has 5 heterocycles. The number of nitrogens with zero attached hydrogens (tertiary/aromatic N) is 7. The van der Waals surface area contributed by atoms with E-state index in [1.54, 1.807) is 57.8 Å². The molecule has 1 aliphatic rings. The topological polar surface area (TPSA) is 106 Å². The molecule has 0 saturated heterocycles. The van der Waals surface area contributed by atoms with Crippen molar-refractivity contribution < 1.29 is 27.5 Å². The lowest BCUT2D eigenvalue weighted by Gasteiger charge is -2.36. The minimum Gasteiger partial charge on any atom is -0.443 e. The molecule has 1 unspecified atom stereocenters. The molecule has 0 bridgehead atoms. The summed E-state index contributed by atoms with van der Waals surface area (Å²) in [5.41, 5.74) is -1.65. The molecule has 0 fully saturated rings. The highest BCUT2D eigenvalue weighted by Crippen LogP contribution is 2.49. The predicted octanol–water partition coefficient (Wildman–Crippen LogP) is 6.94. The molecule has 222 valence electrons. The highest BCUT2D eigenvalue weighted by molar-refractivity contribution is 7.16. The van der Waals surface area contributed by atoms with Crippen molar-refractivity contribution in [1.29, 1.82) is 0 Å². The van der Waals surface area contributed by atoms with Crippen LogP contribution in [0.1, 0.15) is 73.5 Å². The summed E-state index contributed by atoms with van der Waals surface area (Å²) in [6.07, 6.45) is -2.19. The van der Waals surface area contributed by atoms with E-state index < -0.39 is 35.1 Å². The van der Waals surface area contributed by atoms with E-state index in [0.717, 1.165) is 21.6 Å². The quantitative estimate of drug-likeness (QED) is 0.238. The number of alkyl halides is 3. The Hall–Kier alpha value is -3.85. The number of rotatable bonds is 5. The lowest BCUT2D eigenvalue weighted by molar-refractivity contribution is -0.140. The van der Waals surface area contributed by atoms with Gasteiger partial charge in [-0.15, -0.1) is 22.7 Å². The van der Waals surface area contributed by atoms with Crippen LogP contribution in [0.25, 0.3) is 10.6 Å². The molecule has 0 spiro atoms. The lowest BCUT2D eigenvalue weighted by atomic mass is 10.0. The Bertz CT molecular complexity index is 1670. The van der Waals surface area contributed by atoms with Gasteiger partial charge < -0.3 is 9.64 Å². The van der Waals surface area contributed by atoms with E-state index in [-0.39, 0.29) is 16.9 Å². The van der Waals surface area contributed by atoms with Crippen LogP contribution in [0.5, 0.6) is 0 Å². The Balaban J connectivity index is 1.48. The number of thiazole rings is 1. The van der Waals surface area contributed by atoms with E-state index in [9.17, 15) is 22.8 Å². The fraction of sp³-hybridized carbons (Fsp3) is 0.407. The average molecular weight is 620 g/mol. The van der Waals surface area contributed by atoms with Gasteiger partial charge in [-0.1, -0.05) is 0 Å². The molecular formula is C27H28F3N7O3S2. The first kappa shape index (κ1) is 29.6. The first-order valence-corrected chi connectivity index (χ1v) is 14.5. The van der Waals surface area contributed by atoms with Crippen LogP contribution in [-0.2, 0) is 23.5 Å². The minimum atomic E-state index is -4.56. The summed E-state index contributed by atoms with van der Waals surface area (Å²) in [6.45, 7) is 10.6. The number of carbonyl (C=O) groups excluding carboxylic acids is 2. The predicted molar refractivity (Wildman–Crippen MR) is 152 cm³/mol. The third-order valence-electron chi connectivity index (χ3n) is 6.59. The Kier molecular flexibility index (Phi) is 7.16. The first-order chi connectivity index (χ1) is 19.5. The molecule has 1 atom stereocenters. The minimum absolute atomic E-state index is 0.0592. The van der Waals surface area contributed by atoms with Crippen LogP contribution in [0, 0.1) is 0 Å². The van der Waals surface area contributed by atoms with E-state index in [1.165, 1.54) is 33.3 Å². The second-order valence-corrected chi connectivity index (χ2v) is 13.1. The third kappa shape index (κ3) is 5.26. The Morgan fingerprint density at radius 2 is 1.86 bits per heavy atom. The smallest absolute Gasteiger partial charge is 0.434 e. The second-order valence-electron chi connectivity index (χ2n) is 11.2. The molecule has 4 aromatic heterocycles. The van der Waals surface area contributed by atoms with Gasteiger partial charge in [0.05, 0.1) is 33.9 Å². The summed E-state index contributed by atoms with van der Waals surface area (Å²) in [7, 11) is 1.68. The van der Waals surface area contributed by atoms with Crippen molar-refractivity contribution in [3.8, 4) is 10.6 Å². The largest absolute Gasteiger partial charge is 0.443 e. The zero-order valence-electron chi connectivity index (χ0n) is 23.8. The molecule has 5 rings (SSSR count). The molecule has 0 aromatic carbocycles. The lowest BCUT2D eigenvalue weighted by Crippen LogP contribution is -2.40. The SMILES string of the molecule is CC(c1nc(C(F)(F)F)cs1)N1C(=O)c2cc(-c3ccnc(N(C(=O)OC(C)(C)C)c4ccnn4C)n3)sc2C1(C)C. The van der Waals surface area contributed by atoms with E-state index in [1.807, 2.05) is 13.8 Å². The highest BCUT2D eigenvalue weighted by Gasteiger charge is 2.48. The summed E-state index contributed by atoms with van der Waals surface area (Å²) in [4.78, 5) is 43.8. The van der Waals surface area contributed by atoms with Gasteiger partial charge in [0.25, 0.3) is 5.91 Å². The summed E-state index contributed by atoms with van der Waals surface area (Å²) >= 11 is 2.23. The van der Waals surface area contributed by atoms with Crippen molar-refractivity contribution in [2.24, 2.45) is 7.05 Å². The number of carbonyl (C=O) groups is 2. The molecule has 0 radical (unpaired) electrons. The summed E-state index contributed by atoms with van der Waals surface area (Å²) in [5, 5.41) is 5.32. The van der Waals surface area contributed by atoms with Crippen LogP contribution < -0.4 is 4.90 Å². The number of halogens is 3. The first-order valence-electron chi connectivity index (χ1n) is 12.8. The monoisotopic (exact) mass is 619 g/mol.